The number of fused-ring (bicyclic) bond motifs is 3. The zero-order valence-corrected chi connectivity index (χ0v) is 17.5. The monoisotopic (exact) mass is 396 g/mol. The van der Waals surface area contributed by atoms with Crippen molar-refractivity contribution in [2.45, 2.75) is 13.8 Å². The minimum absolute atomic E-state index is 0.842. The minimum Gasteiger partial charge on any atom is -0.456 e. The van der Waals surface area contributed by atoms with Crippen molar-refractivity contribution in [3.05, 3.63) is 118 Å². The van der Waals surface area contributed by atoms with Crippen molar-refractivity contribution >= 4 is 21.9 Å². The molecule has 1 aromatic heterocycles. The predicted octanol–water partition coefficient (Wildman–Crippen LogP) is 7.00. The van der Waals surface area contributed by atoms with Crippen molar-refractivity contribution < 1.29 is 4.42 Å². The molecule has 0 atom stereocenters. The van der Waals surface area contributed by atoms with Crippen LogP contribution >= 0.6 is 0 Å². The molecule has 1 nitrogen and oxygen atoms in total. The van der Waals surface area contributed by atoms with Gasteiger partial charge in [0.2, 0.25) is 0 Å². The first kappa shape index (κ1) is 18.8. The molecule has 0 aliphatic rings. The summed E-state index contributed by atoms with van der Waals surface area (Å²) in [5.74, 6) is 12.9. The van der Waals surface area contributed by atoms with E-state index >= 15 is 0 Å². The summed E-state index contributed by atoms with van der Waals surface area (Å²) in [4.78, 5) is 0. The van der Waals surface area contributed by atoms with Crippen LogP contribution in [0.5, 0.6) is 0 Å². The number of furan rings is 1. The first-order valence-corrected chi connectivity index (χ1v) is 10.3. The molecule has 0 aliphatic heterocycles. The lowest BCUT2D eigenvalue weighted by Gasteiger charge is -1.94. The Morgan fingerprint density at radius 2 is 0.806 bits per heavy atom. The molecule has 0 amide bonds. The molecule has 5 rings (SSSR count). The highest BCUT2D eigenvalue weighted by Crippen LogP contribution is 2.29. The van der Waals surface area contributed by atoms with Gasteiger partial charge in [0.1, 0.15) is 11.2 Å². The molecular weight excluding hydrogens is 376 g/mol. The van der Waals surface area contributed by atoms with Crippen LogP contribution in [-0.2, 0) is 0 Å². The second-order valence-electron chi connectivity index (χ2n) is 7.76. The molecular formula is C30H20O. The van der Waals surface area contributed by atoms with Crippen molar-refractivity contribution in [1.29, 1.82) is 0 Å². The molecule has 1 heterocycles. The summed E-state index contributed by atoms with van der Waals surface area (Å²) in [6.45, 7) is 4.15. The van der Waals surface area contributed by atoms with E-state index in [9.17, 15) is 0 Å². The van der Waals surface area contributed by atoms with E-state index in [-0.39, 0.29) is 0 Å². The average Bonchev–Trinajstić information content (AvgIpc) is 3.15. The molecule has 0 N–H and O–H groups in total. The Bertz CT molecular complexity index is 1410. The van der Waals surface area contributed by atoms with Gasteiger partial charge in [-0.05, 0) is 74.5 Å². The first-order chi connectivity index (χ1) is 15.1. The van der Waals surface area contributed by atoms with Gasteiger partial charge in [0.05, 0.1) is 0 Å². The average molecular weight is 396 g/mol. The highest BCUT2D eigenvalue weighted by molar-refractivity contribution is 6.05. The number of aryl methyl sites for hydroxylation is 2. The molecule has 1 heteroatoms. The zero-order valence-electron chi connectivity index (χ0n) is 17.5. The van der Waals surface area contributed by atoms with Crippen molar-refractivity contribution in [3.8, 4) is 23.7 Å². The van der Waals surface area contributed by atoms with E-state index in [1.807, 2.05) is 48.5 Å². The Morgan fingerprint density at radius 3 is 1.23 bits per heavy atom. The molecule has 0 saturated heterocycles. The fraction of sp³-hybridized carbons (Fsp3) is 0.0667. The molecule has 4 aromatic carbocycles. The summed E-state index contributed by atoms with van der Waals surface area (Å²) in [6, 6.07) is 28.7. The Morgan fingerprint density at radius 1 is 0.452 bits per heavy atom. The van der Waals surface area contributed by atoms with Gasteiger partial charge in [0.15, 0.2) is 0 Å². The van der Waals surface area contributed by atoms with E-state index < -0.39 is 0 Å². The van der Waals surface area contributed by atoms with E-state index in [2.05, 4.69) is 73.9 Å². The van der Waals surface area contributed by atoms with Crippen LogP contribution in [0.1, 0.15) is 33.4 Å². The molecule has 5 aromatic rings. The van der Waals surface area contributed by atoms with Crippen LogP contribution in [0.2, 0.25) is 0 Å². The van der Waals surface area contributed by atoms with Crippen molar-refractivity contribution in [2.24, 2.45) is 0 Å². The highest BCUT2D eigenvalue weighted by Gasteiger charge is 2.07. The molecule has 0 aliphatic carbocycles. The van der Waals surface area contributed by atoms with Crippen LogP contribution in [-0.4, -0.2) is 0 Å². The van der Waals surface area contributed by atoms with Gasteiger partial charge in [0, 0.05) is 33.0 Å². The smallest absolute Gasteiger partial charge is 0.136 e. The second kappa shape index (κ2) is 7.91. The Labute approximate surface area is 182 Å². The van der Waals surface area contributed by atoms with E-state index in [0.717, 1.165) is 44.2 Å². The van der Waals surface area contributed by atoms with Crippen LogP contribution < -0.4 is 0 Å². The Balaban J connectivity index is 1.47. The number of rotatable bonds is 0. The third-order valence-corrected chi connectivity index (χ3v) is 5.28. The van der Waals surface area contributed by atoms with Crippen LogP contribution in [0.3, 0.4) is 0 Å². The lowest BCUT2D eigenvalue weighted by atomic mass is 10.1. The standard InChI is InChI=1S/C30H20O/c1-21-3-7-23(8-4-21)11-13-25-15-17-27-28-18-16-26(20-30(28)31-29(27)19-25)14-12-24-9-5-22(2)6-10-24/h3-10,15-20H,1-2H3. The van der Waals surface area contributed by atoms with Gasteiger partial charge >= 0.3 is 0 Å². The predicted molar refractivity (Wildman–Crippen MR) is 128 cm³/mol. The van der Waals surface area contributed by atoms with Crippen LogP contribution in [0.4, 0.5) is 0 Å². The topological polar surface area (TPSA) is 13.1 Å². The van der Waals surface area contributed by atoms with E-state index in [1.165, 1.54) is 11.1 Å². The SMILES string of the molecule is Cc1ccc(C#Cc2ccc3c(c2)oc2cc(C#Cc4ccc(C)cc4)ccc23)cc1. The van der Waals surface area contributed by atoms with E-state index in [1.54, 1.807) is 0 Å². The van der Waals surface area contributed by atoms with Gasteiger partial charge in [0.25, 0.3) is 0 Å². The summed E-state index contributed by atoms with van der Waals surface area (Å²) in [6.07, 6.45) is 0. The van der Waals surface area contributed by atoms with Crippen LogP contribution in [0.25, 0.3) is 21.9 Å². The number of benzene rings is 4. The quantitative estimate of drug-likeness (QED) is 0.257. The lowest BCUT2D eigenvalue weighted by molar-refractivity contribution is 0.668. The highest BCUT2D eigenvalue weighted by atomic mass is 16.3. The molecule has 0 radical (unpaired) electrons. The van der Waals surface area contributed by atoms with Crippen molar-refractivity contribution in [3.63, 3.8) is 0 Å². The minimum atomic E-state index is 0.842. The molecule has 0 saturated carbocycles. The molecule has 0 fully saturated rings. The third-order valence-electron chi connectivity index (χ3n) is 5.28. The molecule has 0 bridgehead atoms. The number of hydrogen-bond acceptors (Lipinski definition) is 1. The van der Waals surface area contributed by atoms with Gasteiger partial charge < -0.3 is 4.42 Å². The zero-order chi connectivity index (χ0) is 21.2. The lowest BCUT2D eigenvalue weighted by Crippen LogP contribution is -1.78. The van der Waals surface area contributed by atoms with Gasteiger partial charge in [-0.3, -0.25) is 0 Å². The van der Waals surface area contributed by atoms with Crippen molar-refractivity contribution in [2.75, 3.05) is 0 Å². The van der Waals surface area contributed by atoms with Gasteiger partial charge in [-0.25, -0.2) is 0 Å². The van der Waals surface area contributed by atoms with Crippen molar-refractivity contribution in [1.82, 2.24) is 0 Å². The molecule has 0 unspecified atom stereocenters. The van der Waals surface area contributed by atoms with E-state index in [0.29, 0.717) is 0 Å². The fourth-order valence-corrected chi connectivity index (χ4v) is 3.50. The van der Waals surface area contributed by atoms with Crippen LogP contribution in [0, 0.1) is 37.5 Å². The molecule has 31 heavy (non-hydrogen) atoms. The number of hydrogen-bond donors (Lipinski definition) is 0. The summed E-state index contributed by atoms with van der Waals surface area (Å²) in [5, 5.41) is 2.18. The normalized spacial score (nSPS) is 10.4. The van der Waals surface area contributed by atoms with E-state index in [4.69, 9.17) is 4.42 Å². The maximum atomic E-state index is 6.13. The molecule has 146 valence electrons. The third kappa shape index (κ3) is 4.09. The van der Waals surface area contributed by atoms with Crippen LogP contribution in [0.15, 0.2) is 89.3 Å². The fourth-order valence-electron chi connectivity index (χ4n) is 3.50. The summed E-state index contributed by atoms with van der Waals surface area (Å²) >= 11 is 0. The maximum absolute atomic E-state index is 6.13. The van der Waals surface area contributed by atoms with Gasteiger partial charge in [-0.1, -0.05) is 59.1 Å². The Hall–Kier alpha value is -4.20. The maximum Gasteiger partial charge on any atom is 0.136 e. The second-order valence-corrected chi connectivity index (χ2v) is 7.76. The molecule has 0 spiro atoms. The first-order valence-electron chi connectivity index (χ1n) is 10.3. The summed E-state index contributed by atoms with van der Waals surface area (Å²) in [5.41, 5.74) is 8.04. The summed E-state index contributed by atoms with van der Waals surface area (Å²) in [7, 11) is 0. The largest absolute Gasteiger partial charge is 0.456 e. The van der Waals surface area contributed by atoms with Gasteiger partial charge in [-0.2, -0.15) is 0 Å². The summed E-state index contributed by atoms with van der Waals surface area (Å²) < 4.78 is 6.13. The Kier molecular flexibility index (Phi) is 4.80. The van der Waals surface area contributed by atoms with Gasteiger partial charge in [-0.15, -0.1) is 0 Å².